The summed E-state index contributed by atoms with van der Waals surface area (Å²) in [6.45, 7) is 1.43. The van der Waals surface area contributed by atoms with Gasteiger partial charge in [-0.25, -0.2) is 0 Å². The molecule has 1 atom stereocenters. The van der Waals surface area contributed by atoms with Crippen molar-refractivity contribution in [3.05, 3.63) is 28.2 Å². The summed E-state index contributed by atoms with van der Waals surface area (Å²) in [4.78, 5) is 22.8. The Morgan fingerprint density at radius 2 is 2.27 bits per heavy atom. The van der Waals surface area contributed by atoms with Crippen molar-refractivity contribution in [2.24, 2.45) is 0 Å². The second-order valence-electron chi connectivity index (χ2n) is 3.48. The number of rotatable bonds is 1. The molecule has 1 unspecified atom stereocenters. The molecule has 0 saturated carbocycles. The van der Waals surface area contributed by atoms with Crippen molar-refractivity contribution < 1.29 is 14.3 Å². The minimum absolute atomic E-state index is 0.0437. The molecule has 0 N–H and O–H groups in total. The van der Waals surface area contributed by atoms with E-state index < -0.39 is 6.10 Å². The fourth-order valence-corrected chi connectivity index (χ4v) is 1.88. The van der Waals surface area contributed by atoms with Gasteiger partial charge in [-0.05, 0) is 25.1 Å². The number of carbonyl (C=O) groups is 2. The van der Waals surface area contributed by atoms with E-state index in [4.69, 9.17) is 4.74 Å². The maximum Gasteiger partial charge on any atom is 0.170 e. The van der Waals surface area contributed by atoms with Gasteiger partial charge in [0, 0.05) is 4.47 Å². The summed E-state index contributed by atoms with van der Waals surface area (Å²) in [7, 11) is 0. The molecule has 1 aromatic rings. The van der Waals surface area contributed by atoms with Crippen LogP contribution in [0.25, 0.3) is 0 Å². The summed E-state index contributed by atoms with van der Waals surface area (Å²) in [5.41, 5.74) is 0.543. The lowest BCUT2D eigenvalue weighted by atomic mass is 9.99. The Morgan fingerprint density at radius 1 is 1.53 bits per heavy atom. The third kappa shape index (κ3) is 1.95. The molecule has 0 fully saturated rings. The van der Waals surface area contributed by atoms with Crippen LogP contribution in [0.15, 0.2) is 22.7 Å². The molecule has 1 aromatic carbocycles. The van der Waals surface area contributed by atoms with E-state index in [1.165, 1.54) is 6.92 Å². The average molecular weight is 269 g/mol. The van der Waals surface area contributed by atoms with Crippen LogP contribution in [0.1, 0.15) is 23.7 Å². The molecule has 0 saturated heterocycles. The minimum Gasteiger partial charge on any atom is -0.481 e. The van der Waals surface area contributed by atoms with Crippen LogP contribution in [0.2, 0.25) is 0 Å². The van der Waals surface area contributed by atoms with Crippen molar-refractivity contribution in [3.63, 3.8) is 0 Å². The van der Waals surface area contributed by atoms with Crippen LogP contribution in [0.5, 0.6) is 5.75 Å². The summed E-state index contributed by atoms with van der Waals surface area (Å²) >= 11 is 3.29. The van der Waals surface area contributed by atoms with Crippen LogP contribution in [0.4, 0.5) is 0 Å². The number of benzene rings is 1. The van der Waals surface area contributed by atoms with E-state index in [0.29, 0.717) is 11.3 Å². The summed E-state index contributed by atoms with van der Waals surface area (Å²) in [5, 5.41) is 0. The third-order valence-corrected chi connectivity index (χ3v) is 2.83. The highest BCUT2D eigenvalue weighted by molar-refractivity contribution is 9.10. The molecule has 0 aliphatic carbocycles. The lowest BCUT2D eigenvalue weighted by molar-refractivity contribution is -0.123. The van der Waals surface area contributed by atoms with E-state index in [1.54, 1.807) is 18.2 Å². The van der Waals surface area contributed by atoms with Gasteiger partial charge in [0.25, 0.3) is 0 Å². The van der Waals surface area contributed by atoms with Crippen molar-refractivity contribution in [3.8, 4) is 5.75 Å². The number of Topliss-reactive ketones (excluding diaryl/α,β-unsaturated/α-hetero) is 2. The van der Waals surface area contributed by atoms with Gasteiger partial charge in [-0.3, -0.25) is 9.59 Å². The predicted octanol–water partition coefficient (Wildman–Crippen LogP) is 2.37. The molecule has 1 aliphatic rings. The molecule has 1 heterocycles. The van der Waals surface area contributed by atoms with Crippen molar-refractivity contribution in [1.29, 1.82) is 0 Å². The highest BCUT2D eigenvalue weighted by Gasteiger charge is 2.29. The highest BCUT2D eigenvalue weighted by atomic mass is 79.9. The SMILES string of the molecule is CC(=O)C1CC(=O)c2cc(Br)ccc2O1. The van der Waals surface area contributed by atoms with Gasteiger partial charge in [0.2, 0.25) is 0 Å². The van der Waals surface area contributed by atoms with Gasteiger partial charge in [0.1, 0.15) is 5.75 Å². The predicted molar refractivity (Wildman–Crippen MR) is 58.2 cm³/mol. The van der Waals surface area contributed by atoms with Crippen molar-refractivity contribution in [2.45, 2.75) is 19.4 Å². The Balaban J connectivity index is 2.41. The molecule has 0 amide bonds. The molecule has 0 spiro atoms. The molecule has 1 aliphatic heterocycles. The average Bonchev–Trinajstić information content (AvgIpc) is 2.18. The van der Waals surface area contributed by atoms with Crippen LogP contribution in [-0.2, 0) is 4.79 Å². The first-order valence-electron chi connectivity index (χ1n) is 4.58. The van der Waals surface area contributed by atoms with Crippen molar-refractivity contribution in [1.82, 2.24) is 0 Å². The zero-order valence-corrected chi connectivity index (χ0v) is 9.71. The number of halogens is 1. The quantitative estimate of drug-likeness (QED) is 0.786. The van der Waals surface area contributed by atoms with Gasteiger partial charge in [0.05, 0.1) is 12.0 Å². The normalized spacial score (nSPS) is 19.3. The Hall–Kier alpha value is -1.16. The zero-order valence-electron chi connectivity index (χ0n) is 8.12. The number of carbonyl (C=O) groups excluding carboxylic acids is 2. The van der Waals surface area contributed by atoms with Gasteiger partial charge in [0.15, 0.2) is 17.7 Å². The van der Waals surface area contributed by atoms with E-state index >= 15 is 0 Å². The fourth-order valence-electron chi connectivity index (χ4n) is 1.52. The molecule has 0 bridgehead atoms. The van der Waals surface area contributed by atoms with Gasteiger partial charge < -0.3 is 4.74 Å². The van der Waals surface area contributed by atoms with E-state index in [-0.39, 0.29) is 18.0 Å². The van der Waals surface area contributed by atoms with E-state index in [2.05, 4.69) is 15.9 Å². The lowest BCUT2D eigenvalue weighted by Gasteiger charge is -2.23. The second-order valence-corrected chi connectivity index (χ2v) is 4.40. The largest absolute Gasteiger partial charge is 0.481 e. The maximum atomic E-state index is 11.7. The fraction of sp³-hybridized carbons (Fsp3) is 0.273. The zero-order chi connectivity index (χ0) is 11.0. The molecule has 15 heavy (non-hydrogen) atoms. The van der Waals surface area contributed by atoms with Gasteiger partial charge >= 0.3 is 0 Å². The van der Waals surface area contributed by atoms with Crippen LogP contribution in [-0.4, -0.2) is 17.7 Å². The molecular formula is C11H9BrO3. The second kappa shape index (κ2) is 3.77. The Bertz CT molecular complexity index is 439. The van der Waals surface area contributed by atoms with Crippen LogP contribution in [0.3, 0.4) is 0 Å². The first kappa shape index (κ1) is 10.4. The maximum absolute atomic E-state index is 11.7. The number of fused-ring (bicyclic) bond motifs is 1. The number of ether oxygens (including phenoxy) is 1. The summed E-state index contributed by atoms with van der Waals surface area (Å²) in [6.07, 6.45) is -0.482. The smallest absolute Gasteiger partial charge is 0.170 e. The third-order valence-electron chi connectivity index (χ3n) is 2.34. The number of hydrogen-bond acceptors (Lipinski definition) is 3. The molecular weight excluding hydrogens is 260 g/mol. The molecule has 2 rings (SSSR count). The summed E-state index contributed by atoms with van der Waals surface area (Å²) in [6, 6.07) is 5.20. The van der Waals surface area contributed by atoms with Crippen molar-refractivity contribution in [2.75, 3.05) is 0 Å². The Kier molecular flexibility index (Phi) is 2.61. The Morgan fingerprint density at radius 3 is 2.93 bits per heavy atom. The van der Waals surface area contributed by atoms with E-state index in [9.17, 15) is 9.59 Å². The molecule has 3 nitrogen and oxygen atoms in total. The first-order chi connectivity index (χ1) is 7.08. The molecule has 0 radical (unpaired) electrons. The first-order valence-corrected chi connectivity index (χ1v) is 5.37. The van der Waals surface area contributed by atoms with Crippen LogP contribution in [0, 0.1) is 0 Å². The highest BCUT2D eigenvalue weighted by Crippen LogP contribution is 2.30. The van der Waals surface area contributed by atoms with Gasteiger partial charge in [-0.15, -0.1) is 0 Å². The number of ketones is 2. The monoisotopic (exact) mass is 268 g/mol. The van der Waals surface area contributed by atoms with Crippen LogP contribution < -0.4 is 4.74 Å². The molecule has 78 valence electrons. The summed E-state index contributed by atoms with van der Waals surface area (Å²) in [5.74, 6) is 0.337. The lowest BCUT2D eigenvalue weighted by Crippen LogP contribution is -2.32. The number of hydrogen-bond donors (Lipinski definition) is 0. The van der Waals surface area contributed by atoms with E-state index in [0.717, 1.165) is 4.47 Å². The van der Waals surface area contributed by atoms with Gasteiger partial charge in [-0.1, -0.05) is 15.9 Å². The Labute approximate surface area is 95.6 Å². The summed E-state index contributed by atoms with van der Waals surface area (Å²) < 4.78 is 6.26. The minimum atomic E-state index is -0.619. The standard InChI is InChI=1S/C11H9BrO3/c1-6(13)11-5-9(14)8-4-7(12)2-3-10(8)15-11/h2-4,11H,5H2,1H3. The molecule has 4 heteroatoms. The molecule has 0 aromatic heterocycles. The van der Waals surface area contributed by atoms with E-state index in [1.807, 2.05) is 0 Å². The topological polar surface area (TPSA) is 43.4 Å². The van der Waals surface area contributed by atoms with Crippen molar-refractivity contribution >= 4 is 27.5 Å². The van der Waals surface area contributed by atoms with Crippen LogP contribution >= 0.6 is 15.9 Å². The van der Waals surface area contributed by atoms with Gasteiger partial charge in [-0.2, -0.15) is 0 Å².